The Kier molecular flexibility index (Phi) is 4.55. The van der Waals surface area contributed by atoms with Crippen molar-refractivity contribution in [3.8, 4) is 5.75 Å². The molecule has 3 nitrogen and oxygen atoms in total. The number of anilines is 2. The molecule has 0 atom stereocenters. The minimum absolute atomic E-state index is 0.00222. The van der Waals surface area contributed by atoms with Gasteiger partial charge in [-0.3, -0.25) is 5.11 Å². The molecule has 1 aliphatic heterocycles. The SMILES string of the molecule is [O]c1ccc(N2CCC(Nc3ccc(C(F)(F)F)cc3)CC2)cc1. The van der Waals surface area contributed by atoms with Crippen LogP contribution >= 0.6 is 0 Å². The Morgan fingerprint density at radius 2 is 1.50 bits per heavy atom. The molecule has 127 valence electrons. The number of benzene rings is 2. The lowest BCUT2D eigenvalue weighted by atomic mass is 10.0. The van der Waals surface area contributed by atoms with E-state index in [2.05, 4.69) is 10.2 Å². The molecule has 1 fully saturated rings. The van der Waals surface area contributed by atoms with Gasteiger partial charge in [0.1, 0.15) is 0 Å². The van der Waals surface area contributed by atoms with E-state index < -0.39 is 11.7 Å². The fraction of sp³-hybridized carbons (Fsp3) is 0.333. The van der Waals surface area contributed by atoms with Gasteiger partial charge in [-0.25, -0.2) is 0 Å². The molecule has 1 saturated heterocycles. The summed E-state index contributed by atoms with van der Waals surface area (Å²) in [5.41, 5.74) is 1.10. The zero-order valence-corrected chi connectivity index (χ0v) is 13.0. The first kappa shape index (κ1) is 16.5. The van der Waals surface area contributed by atoms with Crippen molar-refractivity contribution < 1.29 is 18.3 Å². The molecule has 24 heavy (non-hydrogen) atoms. The lowest BCUT2D eigenvalue weighted by Crippen LogP contribution is -2.39. The van der Waals surface area contributed by atoms with Crippen LogP contribution in [0.5, 0.6) is 5.75 Å². The average molecular weight is 335 g/mol. The molecule has 2 aromatic rings. The van der Waals surface area contributed by atoms with Crippen LogP contribution in [0.1, 0.15) is 18.4 Å². The van der Waals surface area contributed by atoms with Crippen LogP contribution < -0.4 is 10.2 Å². The second kappa shape index (κ2) is 6.63. The number of hydrogen-bond donors (Lipinski definition) is 1. The van der Waals surface area contributed by atoms with E-state index in [1.807, 2.05) is 12.1 Å². The summed E-state index contributed by atoms with van der Waals surface area (Å²) >= 11 is 0. The van der Waals surface area contributed by atoms with Crippen molar-refractivity contribution in [2.75, 3.05) is 23.3 Å². The molecule has 1 aliphatic rings. The van der Waals surface area contributed by atoms with E-state index in [0.717, 1.165) is 43.8 Å². The predicted octanol–water partition coefficient (Wildman–Crippen LogP) is 4.93. The molecule has 2 aromatic carbocycles. The second-order valence-electron chi connectivity index (χ2n) is 5.97. The summed E-state index contributed by atoms with van der Waals surface area (Å²) in [7, 11) is 0. The molecule has 1 radical (unpaired) electrons. The van der Waals surface area contributed by atoms with E-state index in [9.17, 15) is 18.3 Å². The maximum Gasteiger partial charge on any atom is 0.416 e. The van der Waals surface area contributed by atoms with Crippen molar-refractivity contribution >= 4 is 11.4 Å². The molecule has 0 unspecified atom stereocenters. The Labute approximate surface area is 138 Å². The minimum atomic E-state index is -4.30. The van der Waals surface area contributed by atoms with E-state index in [4.69, 9.17) is 0 Å². The van der Waals surface area contributed by atoms with Crippen molar-refractivity contribution in [3.05, 3.63) is 54.1 Å². The van der Waals surface area contributed by atoms with Gasteiger partial charge in [0.15, 0.2) is 5.75 Å². The van der Waals surface area contributed by atoms with Crippen molar-refractivity contribution in [3.63, 3.8) is 0 Å². The van der Waals surface area contributed by atoms with Crippen LogP contribution in [-0.4, -0.2) is 19.1 Å². The van der Waals surface area contributed by atoms with Gasteiger partial charge in [0, 0.05) is 30.5 Å². The zero-order valence-electron chi connectivity index (χ0n) is 13.0. The quantitative estimate of drug-likeness (QED) is 0.863. The summed E-state index contributed by atoms with van der Waals surface area (Å²) in [6.07, 6.45) is -2.52. The molecule has 6 heteroatoms. The largest absolute Gasteiger partial charge is 0.416 e. The summed E-state index contributed by atoms with van der Waals surface area (Å²) in [6.45, 7) is 1.69. The van der Waals surface area contributed by atoms with Crippen molar-refractivity contribution in [2.45, 2.75) is 25.1 Å². The van der Waals surface area contributed by atoms with E-state index in [1.54, 1.807) is 12.1 Å². The predicted molar refractivity (Wildman–Crippen MR) is 86.9 cm³/mol. The first-order valence-corrected chi connectivity index (χ1v) is 7.88. The van der Waals surface area contributed by atoms with E-state index in [1.165, 1.54) is 12.1 Å². The van der Waals surface area contributed by atoms with Crippen LogP contribution in [0.15, 0.2) is 48.5 Å². The second-order valence-corrected chi connectivity index (χ2v) is 5.97. The molecule has 1 heterocycles. The number of nitrogens with one attached hydrogen (secondary N) is 1. The third kappa shape index (κ3) is 3.93. The van der Waals surface area contributed by atoms with Crippen molar-refractivity contribution in [1.82, 2.24) is 0 Å². The summed E-state index contributed by atoms with van der Waals surface area (Å²) in [6, 6.07) is 12.1. The smallest absolute Gasteiger partial charge is 0.382 e. The summed E-state index contributed by atoms with van der Waals surface area (Å²) in [5.74, 6) is -0.00222. The Morgan fingerprint density at radius 3 is 2.04 bits per heavy atom. The van der Waals surface area contributed by atoms with E-state index >= 15 is 0 Å². The fourth-order valence-corrected chi connectivity index (χ4v) is 2.93. The topological polar surface area (TPSA) is 35.2 Å². The molecule has 0 amide bonds. The summed E-state index contributed by atoms with van der Waals surface area (Å²) < 4.78 is 37.7. The Bertz CT molecular complexity index is 660. The zero-order chi connectivity index (χ0) is 17.2. The molecule has 0 aromatic heterocycles. The number of piperidine rings is 1. The lowest BCUT2D eigenvalue weighted by Gasteiger charge is -2.34. The van der Waals surface area contributed by atoms with Gasteiger partial charge in [-0.15, -0.1) is 0 Å². The summed E-state index contributed by atoms with van der Waals surface area (Å²) in [5, 5.41) is 14.4. The molecule has 0 saturated carbocycles. The average Bonchev–Trinajstić information content (AvgIpc) is 2.56. The summed E-state index contributed by atoms with van der Waals surface area (Å²) in [4.78, 5) is 2.21. The number of hydrogen-bond acceptors (Lipinski definition) is 2. The van der Waals surface area contributed by atoms with Gasteiger partial charge in [-0.1, -0.05) is 0 Å². The first-order valence-electron chi connectivity index (χ1n) is 7.88. The maximum atomic E-state index is 12.6. The highest BCUT2D eigenvalue weighted by atomic mass is 19.4. The molecule has 3 rings (SSSR count). The molecular weight excluding hydrogens is 317 g/mol. The third-order valence-corrected chi connectivity index (χ3v) is 4.28. The minimum Gasteiger partial charge on any atom is -0.382 e. The Morgan fingerprint density at radius 1 is 0.917 bits per heavy atom. The number of nitrogens with zero attached hydrogens (tertiary/aromatic N) is 1. The van der Waals surface area contributed by atoms with Gasteiger partial charge < -0.3 is 10.2 Å². The Balaban J connectivity index is 1.54. The van der Waals surface area contributed by atoms with Crippen LogP contribution in [0.3, 0.4) is 0 Å². The van der Waals surface area contributed by atoms with Crippen molar-refractivity contribution in [1.29, 1.82) is 0 Å². The molecule has 0 spiro atoms. The van der Waals surface area contributed by atoms with Crippen LogP contribution in [0.25, 0.3) is 0 Å². The van der Waals surface area contributed by atoms with Crippen molar-refractivity contribution in [2.24, 2.45) is 0 Å². The number of halogens is 3. The van der Waals surface area contributed by atoms with E-state index in [-0.39, 0.29) is 11.8 Å². The van der Waals surface area contributed by atoms with E-state index in [0.29, 0.717) is 5.69 Å². The Hall–Kier alpha value is -2.37. The molecule has 0 aliphatic carbocycles. The van der Waals surface area contributed by atoms with Gasteiger partial charge in [-0.2, -0.15) is 13.2 Å². The third-order valence-electron chi connectivity index (χ3n) is 4.28. The number of rotatable bonds is 3. The molecular formula is C18H18F3N2O. The molecule has 1 N–H and O–H groups in total. The van der Waals surface area contributed by atoms with Crippen LogP contribution in [-0.2, 0) is 11.3 Å². The van der Waals surface area contributed by atoms with Crippen LogP contribution in [0, 0.1) is 0 Å². The maximum absolute atomic E-state index is 12.6. The monoisotopic (exact) mass is 335 g/mol. The van der Waals surface area contributed by atoms with Gasteiger partial charge in [0.2, 0.25) is 0 Å². The standard InChI is InChI=1S/C18H18F3N2O/c19-18(20,21)13-1-3-14(4-2-13)22-15-9-11-23(12-10-15)16-5-7-17(24)8-6-16/h1-8,15,22H,9-12H2. The van der Waals surface area contributed by atoms with Gasteiger partial charge >= 0.3 is 6.18 Å². The van der Waals surface area contributed by atoms with Crippen LogP contribution in [0.2, 0.25) is 0 Å². The van der Waals surface area contributed by atoms with Gasteiger partial charge in [0.05, 0.1) is 5.56 Å². The highest BCUT2D eigenvalue weighted by Crippen LogP contribution is 2.30. The highest BCUT2D eigenvalue weighted by molar-refractivity contribution is 5.50. The molecule has 0 bridgehead atoms. The van der Waals surface area contributed by atoms with Gasteiger partial charge in [0.25, 0.3) is 0 Å². The van der Waals surface area contributed by atoms with Crippen LogP contribution in [0.4, 0.5) is 24.5 Å². The fourth-order valence-electron chi connectivity index (χ4n) is 2.93. The highest BCUT2D eigenvalue weighted by Gasteiger charge is 2.30. The lowest BCUT2D eigenvalue weighted by molar-refractivity contribution is -0.137. The van der Waals surface area contributed by atoms with Gasteiger partial charge in [-0.05, 0) is 61.4 Å². The first-order chi connectivity index (χ1) is 11.4. The normalized spacial score (nSPS) is 16.2. The number of alkyl halides is 3.